The Labute approximate surface area is 128 Å². The summed E-state index contributed by atoms with van der Waals surface area (Å²) in [6.07, 6.45) is -3.58. The molecular formula is C15H20ClF3N2. The SMILES string of the molecule is CNC1CCN(c2ccc(Cl)cc2C(F)(F)F)C(C)C1C. The van der Waals surface area contributed by atoms with Crippen molar-refractivity contribution >= 4 is 17.3 Å². The first-order chi connectivity index (χ1) is 9.75. The number of halogens is 4. The van der Waals surface area contributed by atoms with Gasteiger partial charge >= 0.3 is 6.18 Å². The lowest BCUT2D eigenvalue weighted by Gasteiger charge is -2.44. The van der Waals surface area contributed by atoms with Crippen LogP contribution < -0.4 is 10.2 Å². The van der Waals surface area contributed by atoms with E-state index in [1.807, 2.05) is 18.9 Å². The first-order valence-electron chi connectivity index (χ1n) is 7.06. The molecule has 3 unspecified atom stereocenters. The predicted octanol–water partition coefficient (Wildman–Crippen LogP) is 4.18. The van der Waals surface area contributed by atoms with Crippen molar-refractivity contribution in [3.8, 4) is 0 Å². The Balaban J connectivity index is 2.38. The molecule has 0 spiro atoms. The highest BCUT2D eigenvalue weighted by molar-refractivity contribution is 6.30. The Kier molecular flexibility index (Phi) is 4.73. The third kappa shape index (κ3) is 3.29. The maximum absolute atomic E-state index is 13.3. The molecule has 1 saturated heterocycles. The quantitative estimate of drug-likeness (QED) is 0.879. The van der Waals surface area contributed by atoms with E-state index in [4.69, 9.17) is 11.6 Å². The molecule has 1 heterocycles. The van der Waals surface area contributed by atoms with Gasteiger partial charge in [-0.1, -0.05) is 18.5 Å². The normalized spacial score (nSPS) is 27.0. The van der Waals surface area contributed by atoms with Gasteiger partial charge in [0.25, 0.3) is 0 Å². The van der Waals surface area contributed by atoms with Crippen molar-refractivity contribution in [3.05, 3.63) is 28.8 Å². The zero-order chi connectivity index (χ0) is 15.8. The van der Waals surface area contributed by atoms with Crippen molar-refractivity contribution in [1.29, 1.82) is 0 Å². The van der Waals surface area contributed by atoms with Crippen molar-refractivity contribution in [3.63, 3.8) is 0 Å². The second-order valence-corrected chi connectivity index (χ2v) is 6.07. The molecule has 1 fully saturated rings. The van der Waals surface area contributed by atoms with Gasteiger partial charge in [0.05, 0.1) is 5.56 Å². The van der Waals surface area contributed by atoms with Gasteiger partial charge in [-0.2, -0.15) is 13.2 Å². The summed E-state index contributed by atoms with van der Waals surface area (Å²) in [5, 5.41) is 3.35. The smallest absolute Gasteiger partial charge is 0.368 e. The number of nitrogens with one attached hydrogen (secondary N) is 1. The van der Waals surface area contributed by atoms with Gasteiger partial charge in [-0.15, -0.1) is 0 Å². The number of alkyl halides is 3. The zero-order valence-electron chi connectivity index (χ0n) is 12.3. The van der Waals surface area contributed by atoms with Crippen LogP contribution in [-0.2, 0) is 6.18 Å². The van der Waals surface area contributed by atoms with Gasteiger partial charge in [0.15, 0.2) is 0 Å². The number of nitrogens with zero attached hydrogens (tertiary/aromatic N) is 1. The number of anilines is 1. The summed E-state index contributed by atoms with van der Waals surface area (Å²) in [7, 11) is 1.90. The van der Waals surface area contributed by atoms with Crippen molar-refractivity contribution in [2.24, 2.45) is 5.92 Å². The molecule has 6 heteroatoms. The molecule has 0 amide bonds. The van der Waals surface area contributed by atoms with Gasteiger partial charge in [-0.05, 0) is 44.5 Å². The summed E-state index contributed by atoms with van der Waals surface area (Å²) in [4.78, 5) is 1.84. The van der Waals surface area contributed by atoms with Crippen LogP contribution in [0.5, 0.6) is 0 Å². The topological polar surface area (TPSA) is 15.3 Å². The van der Waals surface area contributed by atoms with Gasteiger partial charge in [-0.25, -0.2) is 0 Å². The van der Waals surface area contributed by atoms with E-state index in [0.717, 1.165) is 12.5 Å². The van der Waals surface area contributed by atoms with Crippen LogP contribution in [0, 0.1) is 5.92 Å². The standard InChI is InChI=1S/C15H20ClF3N2/c1-9-10(2)21(7-6-13(9)20-3)14-5-4-11(16)8-12(14)15(17,18)19/h4-5,8-10,13,20H,6-7H2,1-3H3. The summed E-state index contributed by atoms with van der Waals surface area (Å²) < 4.78 is 39.8. The molecule has 0 radical (unpaired) electrons. The van der Waals surface area contributed by atoms with Gasteiger partial charge in [-0.3, -0.25) is 0 Å². The molecule has 1 aromatic rings. The molecule has 1 N–H and O–H groups in total. The zero-order valence-corrected chi connectivity index (χ0v) is 13.1. The number of hydrogen-bond acceptors (Lipinski definition) is 2. The fraction of sp³-hybridized carbons (Fsp3) is 0.600. The van der Waals surface area contributed by atoms with Crippen LogP contribution in [0.25, 0.3) is 0 Å². The molecule has 0 saturated carbocycles. The van der Waals surface area contributed by atoms with Crippen molar-refractivity contribution in [1.82, 2.24) is 5.32 Å². The van der Waals surface area contributed by atoms with Gasteiger partial charge in [0.2, 0.25) is 0 Å². The Morgan fingerprint density at radius 2 is 1.95 bits per heavy atom. The highest BCUT2D eigenvalue weighted by atomic mass is 35.5. The first kappa shape index (κ1) is 16.4. The summed E-state index contributed by atoms with van der Waals surface area (Å²) >= 11 is 5.74. The molecular weight excluding hydrogens is 301 g/mol. The third-order valence-corrected chi connectivity index (χ3v) is 4.75. The van der Waals surface area contributed by atoms with Gasteiger partial charge in [0, 0.05) is 29.3 Å². The van der Waals surface area contributed by atoms with E-state index >= 15 is 0 Å². The summed E-state index contributed by atoms with van der Waals surface area (Å²) in [5.41, 5.74) is -0.433. The molecule has 2 nitrogen and oxygen atoms in total. The van der Waals surface area contributed by atoms with Crippen LogP contribution in [0.4, 0.5) is 18.9 Å². The molecule has 21 heavy (non-hydrogen) atoms. The lowest BCUT2D eigenvalue weighted by atomic mass is 9.86. The molecule has 1 aromatic carbocycles. The van der Waals surface area contributed by atoms with Crippen LogP contribution in [-0.4, -0.2) is 25.7 Å². The van der Waals surface area contributed by atoms with Crippen molar-refractivity contribution in [2.75, 3.05) is 18.5 Å². The van der Waals surface area contributed by atoms with Crippen molar-refractivity contribution in [2.45, 2.75) is 38.5 Å². The maximum atomic E-state index is 13.3. The van der Waals surface area contributed by atoms with Crippen LogP contribution in [0.1, 0.15) is 25.8 Å². The van der Waals surface area contributed by atoms with Gasteiger partial charge < -0.3 is 10.2 Å². The Morgan fingerprint density at radius 3 is 2.52 bits per heavy atom. The second-order valence-electron chi connectivity index (χ2n) is 5.64. The van der Waals surface area contributed by atoms with E-state index in [2.05, 4.69) is 12.2 Å². The largest absolute Gasteiger partial charge is 0.418 e. The maximum Gasteiger partial charge on any atom is 0.418 e. The fourth-order valence-electron chi connectivity index (χ4n) is 3.10. The van der Waals surface area contributed by atoms with Crippen molar-refractivity contribution < 1.29 is 13.2 Å². The van der Waals surface area contributed by atoms with E-state index in [1.54, 1.807) is 0 Å². The highest BCUT2D eigenvalue weighted by Gasteiger charge is 2.38. The summed E-state index contributed by atoms with van der Waals surface area (Å²) in [6, 6.07) is 4.37. The summed E-state index contributed by atoms with van der Waals surface area (Å²) in [5.74, 6) is 0.264. The van der Waals surface area contributed by atoms with Gasteiger partial charge in [0.1, 0.15) is 0 Å². The molecule has 0 aliphatic carbocycles. The minimum atomic E-state index is -4.40. The lowest BCUT2D eigenvalue weighted by Crippen LogP contribution is -2.53. The predicted molar refractivity (Wildman–Crippen MR) is 79.9 cm³/mol. The van der Waals surface area contributed by atoms with E-state index < -0.39 is 11.7 Å². The Hall–Kier alpha value is -0.940. The van der Waals surface area contributed by atoms with Crippen LogP contribution in [0.2, 0.25) is 5.02 Å². The molecule has 118 valence electrons. The number of piperidine rings is 1. The monoisotopic (exact) mass is 320 g/mol. The molecule has 3 atom stereocenters. The van der Waals surface area contributed by atoms with E-state index in [-0.39, 0.29) is 22.7 Å². The number of rotatable bonds is 2. The third-order valence-electron chi connectivity index (χ3n) is 4.51. The molecule has 1 aliphatic rings. The number of benzene rings is 1. The minimum absolute atomic E-state index is 0.0264. The minimum Gasteiger partial charge on any atom is -0.368 e. The second kappa shape index (κ2) is 6.05. The summed E-state index contributed by atoms with van der Waals surface area (Å²) in [6.45, 7) is 4.64. The van der Waals surface area contributed by atoms with Crippen LogP contribution >= 0.6 is 11.6 Å². The Morgan fingerprint density at radius 1 is 1.29 bits per heavy atom. The average Bonchev–Trinajstić information content (AvgIpc) is 2.41. The molecule has 1 aliphatic heterocycles. The lowest BCUT2D eigenvalue weighted by molar-refractivity contribution is -0.137. The fourth-order valence-corrected chi connectivity index (χ4v) is 3.27. The first-order valence-corrected chi connectivity index (χ1v) is 7.44. The van der Waals surface area contributed by atoms with Crippen LogP contribution in [0.3, 0.4) is 0 Å². The van der Waals surface area contributed by atoms with E-state index in [9.17, 15) is 13.2 Å². The van der Waals surface area contributed by atoms with Crippen LogP contribution in [0.15, 0.2) is 18.2 Å². The molecule has 0 aromatic heterocycles. The van der Waals surface area contributed by atoms with E-state index in [0.29, 0.717) is 12.6 Å². The molecule has 2 rings (SSSR count). The molecule has 0 bridgehead atoms. The average molecular weight is 321 g/mol. The Bertz CT molecular complexity index is 504. The van der Waals surface area contributed by atoms with E-state index in [1.165, 1.54) is 12.1 Å². The highest BCUT2D eigenvalue weighted by Crippen LogP contribution is 2.40. The number of hydrogen-bond donors (Lipinski definition) is 1.